The van der Waals surface area contributed by atoms with E-state index < -0.39 is 11.9 Å². The van der Waals surface area contributed by atoms with E-state index in [1.54, 1.807) is 19.1 Å². The molecule has 0 radical (unpaired) electrons. The van der Waals surface area contributed by atoms with E-state index in [0.29, 0.717) is 11.6 Å². The van der Waals surface area contributed by atoms with E-state index in [1.165, 1.54) is 6.08 Å². The van der Waals surface area contributed by atoms with Gasteiger partial charge in [-0.3, -0.25) is 4.79 Å². The molecule has 1 N–H and O–H groups in total. The Morgan fingerprint density at radius 2 is 2.46 bits per heavy atom. The quantitative estimate of drug-likeness (QED) is 0.691. The third kappa shape index (κ3) is 2.42. The van der Waals surface area contributed by atoms with Crippen molar-refractivity contribution in [2.45, 2.75) is 6.92 Å². The van der Waals surface area contributed by atoms with Gasteiger partial charge in [0.1, 0.15) is 5.92 Å². The van der Waals surface area contributed by atoms with Gasteiger partial charge >= 0.3 is 5.97 Å². The summed E-state index contributed by atoms with van der Waals surface area (Å²) < 4.78 is 4.78. The lowest BCUT2D eigenvalue weighted by Gasteiger charge is -2.13. The molecule has 0 spiro atoms. The summed E-state index contributed by atoms with van der Waals surface area (Å²) in [6, 6.07) is 0. The first kappa shape index (κ1) is 9.99. The van der Waals surface area contributed by atoms with Crippen molar-refractivity contribution >= 4 is 23.3 Å². The Labute approximate surface area is 81.5 Å². The van der Waals surface area contributed by atoms with Gasteiger partial charge in [-0.25, -0.2) is 0 Å². The number of halogens is 1. The van der Waals surface area contributed by atoms with Gasteiger partial charge in [-0.2, -0.15) is 0 Å². The molecule has 0 bridgehead atoms. The van der Waals surface area contributed by atoms with E-state index in [4.69, 9.17) is 21.7 Å². The molecule has 0 fully saturated rings. The van der Waals surface area contributed by atoms with Crippen LogP contribution >= 0.6 is 11.6 Å². The van der Waals surface area contributed by atoms with E-state index >= 15 is 0 Å². The van der Waals surface area contributed by atoms with E-state index in [-0.39, 0.29) is 5.71 Å². The van der Waals surface area contributed by atoms with Crippen molar-refractivity contribution in [1.82, 2.24) is 0 Å². The van der Waals surface area contributed by atoms with Gasteiger partial charge in [0.2, 0.25) is 0 Å². The van der Waals surface area contributed by atoms with Crippen molar-refractivity contribution in [3.63, 3.8) is 0 Å². The zero-order valence-corrected chi connectivity index (χ0v) is 7.97. The topological polar surface area (TPSA) is 50.2 Å². The summed E-state index contributed by atoms with van der Waals surface area (Å²) in [4.78, 5) is 11.2. The van der Waals surface area contributed by atoms with Gasteiger partial charge in [-0.1, -0.05) is 17.7 Å². The van der Waals surface area contributed by atoms with Gasteiger partial charge in [0.25, 0.3) is 0 Å². The number of hydrogen-bond donors (Lipinski definition) is 1. The van der Waals surface area contributed by atoms with Crippen molar-refractivity contribution in [2.75, 3.05) is 6.61 Å². The summed E-state index contributed by atoms with van der Waals surface area (Å²) in [6.07, 6.45) is 4.62. The highest BCUT2D eigenvalue weighted by Crippen LogP contribution is 2.17. The Kier molecular flexibility index (Phi) is 3.25. The fraction of sp³-hybridized carbons (Fsp3) is 0.333. The summed E-state index contributed by atoms with van der Waals surface area (Å²) in [6.45, 7) is 2.06. The number of hydrogen-bond acceptors (Lipinski definition) is 3. The fourth-order valence-electron chi connectivity index (χ4n) is 1.02. The number of rotatable bonds is 2. The standard InChI is InChI=1S/C9H10ClNO2/c1-2-13-9(12)7-4-3-6(10)5-8(7)11/h3-5,7,11H,2H2,1H3. The summed E-state index contributed by atoms with van der Waals surface area (Å²) >= 11 is 5.64. The maximum Gasteiger partial charge on any atom is 0.318 e. The number of carbonyl (C=O) groups excluding carboxylic acids is 1. The lowest BCUT2D eigenvalue weighted by molar-refractivity contribution is -0.144. The maximum atomic E-state index is 11.2. The predicted molar refractivity (Wildman–Crippen MR) is 50.9 cm³/mol. The van der Waals surface area contributed by atoms with E-state index in [2.05, 4.69) is 0 Å². The van der Waals surface area contributed by atoms with Crippen molar-refractivity contribution in [3.8, 4) is 0 Å². The molecule has 1 unspecified atom stereocenters. The molecule has 1 aliphatic carbocycles. The van der Waals surface area contributed by atoms with Crippen molar-refractivity contribution < 1.29 is 9.53 Å². The number of nitrogens with one attached hydrogen (secondary N) is 1. The fourth-order valence-corrected chi connectivity index (χ4v) is 1.21. The zero-order chi connectivity index (χ0) is 9.84. The SMILES string of the molecule is CCOC(=O)C1C=CC(Cl)=CC1=N. The second-order valence-electron chi connectivity index (χ2n) is 2.57. The molecular weight excluding hydrogens is 190 g/mol. The first-order valence-electron chi connectivity index (χ1n) is 3.95. The minimum Gasteiger partial charge on any atom is -0.465 e. The Bertz CT molecular complexity index is 294. The van der Waals surface area contributed by atoms with Crippen LogP contribution in [0.5, 0.6) is 0 Å². The van der Waals surface area contributed by atoms with Crippen LogP contribution < -0.4 is 0 Å². The Morgan fingerprint density at radius 1 is 1.77 bits per heavy atom. The van der Waals surface area contributed by atoms with Crippen molar-refractivity contribution in [2.24, 2.45) is 5.92 Å². The third-order valence-corrected chi connectivity index (χ3v) is 1.85. The number of allylic oxidation sites excluding steroid dienone is 3. The molecule has 0 saturated heterocycles. The lowest BCUT2D eigenvalue weighted by atomic mass is 9.99. The first-order chi connectivity index (χ1) is 6.15. The summed E-state index contributed by atoms with van der Waals surface area (Å²) in [5.41, 5.74) is 0.172. The number of esters is 1. The van der Waals surface area contributed by atoms with Gasteiger partial charge < -0.3 is 10.1 Å². The van der Waals surface area contributed by atoms with E-state index in [0.717, 1.165) is 0 Å². The van der Waals surface area contributed by atoms with Gasteiger partial charge in [0, 0.05) is 5.03 Å². The third-order valence-electron chi connectivity index (χ3n) is 1.62. The molecule has 3 nitrogen and oxygen atoms in total. The molecular formula is C9H10ClNO2. The molecule has 1 atom stereocenters. The largest absolute Gasteiger partial charge is 0.465 e. The maximum absolute atomic E-state index is 11.2. The van der Waals surface area contributed by atoms with Crippen LogP contribution in [-0.2, 0) is 9.53 Å². The molecule has 0 aliphatic heterocycles. The van der Waals surface area contributed by atoms with Crippen LogP contribution in [0.1, 0.15) is 6.92 Å². The molecule has 0 amide bonds. The molecule has 13 heavy (non-hydrogen) atoms. The van der Waals surface area contributed by atoms with E-state index in [1.807, 2.05) is 0 Å². The lowest BCUT2D eigenvalue weighted by Crippen LogP contribution is -2.24. The molecule has 0 aromatic heterocycles. The normalized spacial score (nSPS) is 21.2. The highest BCUT2D eigenvalue weighted by atomic mass is 35.5. The highest BCUT2D eigenvalue weighted by Gasteiger charge is 2.22. The van der Waals surface area contributed by atoms with Crippen LogP contribution in [0.2, 0.25) is 0 Å². The van der Waals surface area contributed by atoms with Crippen LogP contribution in [0.3, 0.4) is 0 Å². The summed E-state index contributed by atoms with van der Waals surface area (Å²) in [7, 11) is 0. The minimum atomic E-state index is -0.595. The predicted octanol–water partition coefficient (Wildman–Crippen LogP) is 1.88. The van der Waals surface area contributed by atoms with Crippen molar-refractivity contribution in [1.29, 1.82) is 5.41 Å². The number of ether oxygens (including phenoxy) is 1. The van der Waals surface area contributed by atoms with Gasteiger partial charge in [0.15, 0.2) is 0 Å². The molecule has 0 aromatic carbocycles. The van der Waals surface area contributed by atoms with E-state index in [9.17, 15) is 4.79 Å². The molecule has 1 aliphatic rings. The molecule has 4 heteroatoms. The second-order valence-corrected chi connectivity index (χ2v) is 3.01. The highest BCUT2D eigenvalue weighted by molar-refractivity contribution is 6.34. The van der Waals surface area contributed by atoms with Crippen LogP contribution in [0.4, 0.5) is 0 Å². The molecule has 70 valence electrons. The summed E-state index contributed by atoms with van der Waals surface area (Å²) in [5, 5.41) is 7.94. The molecule has 0 aromatic rings. The average Bonchev–Trinajstić information content (AvgIpc) is 2.04. The Morgan fingerprint density at radius 3 is 3.00 bits per heavy atom. The van der Waals surface area contributed by atoms with Crippen LogP contribution in [0.15, 0.2) is 23.3 Å². The monoisotopic (exact) mass is 199 g/mol. The first-order valence-corrected chi connectivity index (χ1v) is 4.33. The van der Waals surface area contributed by atoms with Crippen molar-refractivity contribution in [3.05, 3.63) is 23.3 Å². The Balaban J connectivity index is 2.70. The Hall–Kier alpha value is -1.09. The molecule has 0 saturated carbocycles. The summed E-state index contributed by atoms with van der Waals surface area (Å²) in [5.74, 6) is -0.994. The average molecular weight is 200 g/mol. The van der Waals surface area contributed by atoms with Gasteiger partial charge in [-0.05, 0) is 19.1 Å². The second kappa shape index (κ2) is 4.23. The van der Waals surface area contributed by atoms with Gasteiger partial charge in [-0.15, -0.1) is 0 Å². The van der Waals surface area contributed by atoms with Crippen LogP contribution in [0, 0.1) is 11.3 Å². The van der Waals surface area contributed by atoms with Gasteiger partial charge in [0.05, 0.1) is 12.3 Å². The molecule has 0 heterocycles. The van der Waals surface area contributed by atoms with Crippen LogP contribution in [-0.4, -0.2) is 18.3 Å². The smallest absolute Gasteiger partial charge is 0.318 e. The van der Waals surface area contributed by atoms with Crippen LogP contribution in [0.25, 0.3) is 0 Å². The number of carbonyl (C=O) groups is 1. The minimum absolute atomic E-state index is 0.172. The zero-order valence-electron chi connectivity index (χ0n) is 7.21. The molecule has 1 rings (SSSR count).